The largest absolute Gasteiger partial charge is 0.493 e. The molecule has 0 spiro atoms. The maximum absolute atomic E-state index is 14.1. The first-order chi connectivity index (χ1) is 18.2. The molecule has 3 aromatic carbocycles. The number of aryl methyl sites for hydroxylation is 3. The molecule has 0 unspecified atom stereocenters. The highest BCUT2D eigenvalue weighted by Gasteiger charge is 2.26. The summed E-state index contributed by atoms with van der Waals surface area (Å²) in [6.45, 7) is 5.55. The standard InChI is InChI=1S/C27H26BrFN4O4S/c1-16-9-10-21(11-17(16)2)33-18(3)30-31-27(33)38-25(14-32(34)35)20-12-22(28)26(24(13-20)36-4)37-15-19-7-5-6-8-23(19)29/h5-13,25H,14-15H2,1-4H3/t25-/m1/s1. The first-order valence-electron chi connectivity index (χ1n) is 11.7. The van der Waals surface area contributed by atoms with Crippen LogP contribution in [0.5, 0.6) is 11.5 Å². The van der Waals surface area contributed by atoms with Crippen LogP contribution in [0.25, 0.3) is 5.69 Å². The van der Waals surface area contributed by atoms with Crippen LogP contribution in [0.15, 0.2) is 64.2 Å². The highest BCUT2D eigenvalue weighted by molar-refractivity contribution is 9.10. The molecule has 38 heavy (non-hydrogen) atoms. The minimum absolute atomic E-state index is 0.00754. The Hall–Kier alpha value is -3.44. The van der Waals surface area contributed by atoms with E-state index in [4.69, 9.17) is 9.47 Å². The van der Waals surface area contributed by atoms with Crippen LogP contribution >= 0.6 is 27.7 Å². The number of hydrogen-bond acceptors (Lipinski definition) is 7. The SMILES string of the molecule is COc1cc([C@@H](C[N+](=O)[O-])Sc2nnc(C)n2-c2ccc(C)c(C)c2)cc(Br)c1OCc1ccccc1F. The second-order valence-electron chi connectivity index (χ2n) is 8.67. The van der Waals surface area contributed by atoms with Gasteiger partial charge in [0.25, 0.3) is 0 Å². The second kappa shape index (κ2) is 12.0. The molecule has 4 rings (SSSR count). The summed E-state index contributed by atoms with van der Waals surface area (Å²) in [6.07, 6.45) is 0. The molecule has 0 saturated carbocycles. The fraction of sp³-hybridized carbons (Fsp3) is 0.259. The van der Waals surface area contributed by atoms with Gasteiger partial charge in [-0.2, -0.15) is 0 Å². The number of nitro groups is 1. The van der Waals surface area contributed by atoms with E-state index in [1.54, 1.807) is 30.3 Å². The average Bonchev–Trinajstić information content (AvgIpc) is 3.24. The van der Waals surface area contributed by atoms with Crippen molar-refractivity contribution in [2.24, 2.45) is 0 Å². The number of halogens is 2. The van der Waals surface area contributed by atoms with Crippen molar-refractivity contribution in [1.82, 2.24) is 14.8 Å². The quantitative estimate of drug-likeness (QED) is 0.112. The third-order valence-corrected chi connectivity index (χ3v) is 7.83. The monoisotopic (exact) mass is 600 g/mol. The Morgan fingerprint density at radius 2 is 1.87 bits per heavy atom. The lowest BCUT2D eigenvalue weighted by Crippen LogP contribution is -2.12. The van der Waals surface area contributed by atoms with Crippen molar-refractivity contribution in [1.29, 1.82) is 0 Å². The molecule has 198 valence electrons. The normalized spacial score (nSPS) is 11.8. The Bertz CT molecular complexity index is 1480. The lowest BCUT2D eigenvalue weighted by atomic mass is 10.1. The maximum Gasteiger partial charge on any atom is 0.220 e. The van der Waals surface area contributed by atoms with Gasteiger partial charge in [-0.25, -0.2) is 4.39 Å². The zero-order chi connectivity index (χ0) is 27.4. The molecule has 11 heteroatoms. The van der Waals surface area contributed by atoms with Crippen molar-refractivity contribution in [2.75, 3.05) is 13.7 Å². The molecular formula is C27H26BrFN4O4S. The van der Waals surface area contributed by atoms with Gasteiger partial charge in [0.1, 0.15) is 23.5 Å². The molecule has 0 amide bonds. The van der Waals surface area contributed by atoms with Gasteiger partial charge < -0.3 is 9.47 Å². The number of ether oxygens (including phenoxy) is 2. The molecule has 0 aliphatic heterocycles. The zero-order valence-corrected chi connectivity index (χ0v) is 23.7. The van der Waals surface area contributed by atoms with E-state index in [9.17, 15) is 14.5 Å². The summed E-state index contributed by atoms with van der Waals surface area (Å²) < 4.78 is 27.9. The van der Waals surface area contributed by atoms with E-state index in [2.05, 4.69) is 26.1 Å². The number of methoxy groups -OCH3 is 1. The van der Waals surface area contributed by atoms with Crippen LogP contribution < -0.4 is 9.47 Å². The molecule has 0 bridgehead atoms. The zero-order valence-electron chi connectivity index (χ0n) is 21.3. The Labute approximate surface area is 232 Å². The van der Waals surface area contributed by atoms with Gasteiger partial charge in [-0.3, -0.25) is 14.7 Å². The van der Waals surface area contributed by atoms with Crippen LogP contribution in [0.2, 0.25) is 0 Å². The van der Waals surface area contributed by atoms with Crippen molar-refractivity contribution < 1.29 is 18.8 Å². The Kier molecular flexibility index (Phi) is 8.68. The van der Waals surface area contributed by atoms with E-state index >= 15 is 0 Å². The Morgan fingerprint density at radius 3 is 2.55 bits per heavy atom. The van der Waals surface area contributed by atoms with E-state index in [-0.39, 0.29) is 23.9 Å². The van der Waals surface area contributed by atoms with E-state index in [0.717, 1.165) is 16.8 Å². The van der Waals surface area contributed by atoms with Crippen LogP contribution in [0.1, 0.15) is 33.3 Å². The van der Waals surface area contributed by atoms with E-state index in [0.29, 0.717) is 38.1 Å². The van der Waals surface area contributed by atoms with E-state index < -0.39 is 5.25 Å². The van der Waals surface area contributed by atoms with Crippen molar-refractivity contribution in [3.8, 4) is 17.2 Å². The molecular weight excluding hydrogens is 575 g/mol. The molecule has 0 N–H and O–H groups in total. The lowest BCUT2D eigenvalue weighted by molar-refractivity contribution is -0.479. The molecule has 0 radical (unpaired) electrons. The lowest BCUT2D eigenvalue weighted by Gasteiger charge is -2.18. The highest BCUT2D eigenvalue weighted by Crippen LogP contribution is 2.43. The van der Waals surface area contributed by atoms with Crippen molar-refractivity contribution in [3.05, 3.63) is 103 Å². The molecule has 1 atom stereocenters. The Balaban J connectivity index is 1.67. The van der Waals surface area contributed by atoms with Gasteiger partial charge in [0, 0.05) is 16.2 Å². The summed E-state index contributed by atoms with van der Waals surface area (Å²) in [4.78, 5) is 11.3. The molecule has 1 heterocycles. The average molecular weight is 601 g/mol. The molecule has 1 aromatic heterocycles. The minimum atomic E-state index is -0.607. The highest BCUT2D eigenvalue weighted by atomic mass is 79.9. The predicted molar refractivity (Wildman–Crippen MR) is 147 cm³/mol. The van der Waals surface area contributed by atoms with Crippen LogP contribution in [-0.2, 0) is 6.61 Å². The van der Waals surface area contributed by atoms with E-state index in [1.807, 2.05) is 43.5 Å². The number of rotatable bonds is 10. The third kappa shape index (κ3) is 6.16. The van der Waals surface area contributed by atoms with Gasteiger partial charge in [-0.15, -0.1) is 10.2 Å². The summed E-state index contributed by atoms with van der Waals surface area (Å²) in [5.74, 6) is 1.04. The topological polar surface area (TPSA) is 92.3 Å². The molecule has 4 aromatic rings. The molecule has 0 saturated heterocycles. The molecule has 0 fully saturated rings. The second-order valence-corrected chi connectivity index (χ2v) is 10.7. The fourth-order valence-corrected chi connectivity index (χ4v) is 5.61. The van der Waals surface area contributed by atoms with Crippen LogP contribution in [0.3, 0.4) is 0 Å². The van der Waals surface area contributed by atoms with Crippen molar-refractivity contribution >= 4 is 27.7 Å². The van der Waals surface area contributed by atoms with Crippen molar-refractivity contribution in [2.45, 2.75) is 37.8 Å². The number of hydrogen-bond donors (Lipinski definition) is 0. The van der Waals surface area contributed by atoms with Gasteiger partial charge in [0.15, 0.2) is 16.7 Å². The van der Waals surface area contributed by atoms with Crippen LogP contribution in [-0.4, -0.2) is 33.3 Å². The van der Waals surface area contributed by atoms with Gasteiger partial charge in [-0.1, -0.05) is 36.0 Å². The maximum atomic E-state index is 14.1. The molecule has 8 nitrogen and oxygen atoms in total. The number of thioether (sulfide) groups is 1. The minimum Gasteiger partial charge on any atom is -0.493 e. The van der Waals surface area contributed by atoms with E-state index in [1.165, 1.54) is 24.9 Å². The van der Waals surface area contributed by atoms with Gasteiger partial charge in [-0.05, 0) is 83.7 Å². The smallest absolute Gasteiger partial charge is 0.220 e. The number of nitrogens with zero attached hydrogens (tertiary/aromatic N) is 4. The number of benzene rings is 3. The summed E-state index contributed by atoms with van der Waals surface area (Å²) in [5.41, 5.74) is 4.20. The van der Waals surface area contributed by atoms with Crippen LogP contribution in [0, 0.1) is 36.7 Å². The number of aromatic nitrogens is 3. The van der Waals surface area contributed by atoms with Gasteiger partial charge in [0.05, 0.1) is 11.6 Å². The Morgan fingerprint density at radius 1 is 1.11 bits per heavy atom. The predicted octanol–water partition coefficient (Wildman–Crippen LogP) is 6.79. The summed E-state index contributed by atoms with van der Waals surface area (Å²) >= 11 is 4.76. The molecule has 0 aliphatic carbocycles. The first-order valence-corrected chi connectivity index (χ1v) is 13.4. The summed E-state index contributed by atoms with van der Waals surface area (Å²) in [7, 11) is 1.48. The summed E-state index contributed by atoms with van der Waals surface area (Å²) in [5, 5.41) is 20.1. The van der Waals surface area contributed by atoms with Crippen molar-refractivity contribution in [3.63, 3.8) is 0 Å². The molecule has 0 aliphatic rings. The van der Waals surface area contributed by atoms with Gasteiger partial charge in [0.2, 0.25) is 6.54 Å². The third-order valence-electron chi connectivity index (χ3n) is 6.06. The first kappa shape index (κ1) is 27.6. The van der Waals surface area contributed by atoms with Crippen LogP contribution in [0.4, 0.5) is 4.39 Å². The fourth-order valence-electron chi connectivity index (χ4n) is 3.89. The summed E-state index contributed by atoms with van der Waals surface area (Å²) in [6, 6.07) is 15.8. The van der Waals surface area contributed by atoms with Gasteiger partial charge >= 0.3 is 0 Å².